The number of nitrogens with zero attached hydrogens (tertiary/aromatic N) is 1. The molecular formula is C11H15N3O5S2. The Morgan fingerprint density at radius 1 is 1.29 bits per heavy atom. The molecule has 8 nitrogen and oxygen atoms in total. The Morgan fingerprint density at radius 2 is 1.86 bits per heavy atom. The Balaban J connectivity index is 2.56. The van der Waals surface area contributed by atoms with E-state index in [0.29, 0.717) is 11.3 Å². The molecule has 1 amide bonds. The van der Waals surface area contributed by atoms with E-state index in [0.717, 1.165) is 0 Å². The van der Waals surface area contributed by atoms with Gasteiger partial charge in [-0.3, -0.25) is 9.59 Å². The van der Waals surface area contributed by atoms with E-state index in [1.807, 2.05) is 0 Å². The summed E-state index contributed by atoms with van der Waals surface area (Å²) in [6.45, 7) is 2.18. The lowest BCUT2D eigenvalue weighted by Gasteiger charge is -2.25. The fourth-order valence-electron chi connectivity index (χ4n) is 2.01. The summed E-state index contributed by atoms with van der Waals surface area (Å²) in [6, 6.07) is 0. The molecule has 0 spiro atoms. The first-order chi connectivity index (χ1) is 9.76. The fourth-order valence-corrected chi connectivity index (χ4v) is 5.10. The minimum absolute atomic E-state index is 0.0353. The van der Waals surface area contributed by atoms with Crippen LogP contribution in [0.25, 0.3) is 0 Å². The molecule has 0 saturated carbocycles. The number of primary amides is 1. The Bertz CT molecular complexity index is 689. The van der Waals surface area contributed by atoms with Gasteiger partial charge in [0.15, 0.2) is 9.99 Å². The molecule has 21 heavy (non-hydrogen) atoms. The first-order valence-corrected chi connectivity index (χ1v) is 8.33. The van der Waals surface area contributed by atoms with Crippen LogP contribution in [0.3, 0.4) is 0 Å². The largest absolute Gasteiger partial charge is 0.396 e. The molecule has 1 aromatic rings. The second kappa shape index (κ2) is 5.72. The van der Waals surface area contributed by atoms with E-state index < -0.39 is 21.7 Å². The highest BCUT2D eigenvalue weighted by Crippen LogP contribution is 2.36. The van der Waals surface area contributed by atoms with Gasteiger partial charge < -0.3 is 16.2 Å². The van der Waals surface area contributed by atoms with Crippen molar-refractivity contribution in [1.29, 1.82) is 0 Å². The molecule has 2 rings (SSSR count). The van der Waals surface area contributed by atoms with Crippen molar-refractivity contribution in [3.05, 3.63) is 10.4 Å². The van der Waals surface area contributed by atoms with Crippen LogP contribution in [0, 0.1) is 0 Å². The number of ether oxygens (including phenoxy) is 1. The number of rotatable bonds is 4. The summed E-state index contributed by atoms with van der Waals surface area (Å²) in [5, 5.41) is 0. The molecule has 4 N–H and O–H groups in total. The van der Waals surface area contributed by atoms with Crippen molar-refractivity contribution in [1.82, 2.24) is 4.31 Å². The summed E-state index contributed by atoms with van der Waals surface area (Å²) in [5.41, 5.74) is 10.5. The molecule has 10 heteroatoms. The average Bonchev–Trinajstić information content (AvgIpc) is 2.78. The molecule has 116 valence electrons. The maximum Gasteiger partial charge on any atom is 0.254 e. The molecule has 1 fully saturated rings. The first kappa shape index (κ1) is 15.9. The highest BCUT2D eigenvalue weighted by molar-refractivity contribution is 7.91. The van der Waals surface area contributed by atoms with Gasteiger partial charge in [-0.25, -0.2) is 8.42 Å². The number of morpholine rings is 1. The standard InChI is InChI=1S/C11H15N3O5S2/c1-6(15)9-7(10(13)16)8(12)11(20-9)21(17,18)14-2-4-19-5-3-14/h2-5,12H2,1H3,(H2,13,16). The maximum absolute atomic E-state index is 12.6. The van der Waals surface area contributed by atoms with Crippen LogP contribution >= 0.6 is 11.3 Å². The van der Waals surface area contributed by atoms with E-state index in [4.69, 9.17) is 16.2 Å². The van der Waals surface area contributed by atoms with E-state index in [1.54, 1.807) is 0 Å². The predicted octanol–water partition coefficient (Wildman–Crippen LogP) is -0.347. The van der Waals surface area contributed by atoms with Gasteiger partial charge in [0.2, 0.25) is 0 Å². The second-order valence-corrected chi connectivity index (χ2v) is 7.60. The summed E-state index contributed by atoms with van der Waals surface area (Å²) < 4.78 is 31.2. The monoisotopic (exact) mass is 333 g/mol. The van der Waals surface area contributed by atoms with E-state index in [-0.39, 0.29) is 46.6 Å². The molecular weight excluding hydrogens is 318 g/mol. The highest BCUT2D eigenvalue weighted by atomic mass is 32.2. The summed E-state index contributed by atoms with van der Waals surface area (Å²) in [7, 11) is -3.87. The number of carbonyl (C=O) groups is 2. The van der Waals surface area contributed by atoms with Gasteiger partial charge in [-0.05, 0) is 6.92 Å². The van der Waals surface area contributed by atoms with Gasteiger partial charge in [-0.1, -0.05) is 0 Å². The van der Waals surface area contributed by atoms with Crippen LogP contribution < -0.4 is 11.5 Å². The topological polar surface area (TPSA) is 133 Å². The third-order valence-electron chi connectivity index (χ3n) is 3.02. The van der Waals surface area contributed by atoms with E-state index >= 15 is 0 Å². The van der Waals surface area contributed by atoms with Gasteiger partial charge in [0.1, 0.15) is 0 Å². The maximum atomic E-state index is 12.6. The molecule has 0 atom stereocenters. The number of amides is 1. The molecule has 1 aromatic heterocycles. The number of nitrogens with two attached hydrogens (primary N) is 2. The molecule has 0 aliphatic carbocycles. The zero-order valence-corrected chi connectivity index (χ0v) is 12.9. The Morgan fingerprint density at radius 3 is 2.29 bits per heavy atom. The van der Waals surface area contributed by atoms with Crippen LogP contribution in [0.5, 0.6) is 0 Å². The van der Waals surface area contributed by atoms with Crippen molar-refractivity contribution in [3.63, 3.8) is 0 Å². The lowest BCUT2D eigenvalue weighted by Crippen LogP contribution is -2.40. The number of hydrogen-bond acceptors (Lipinski definition) is 7. The smallest absolute Gasteiger partial charge is 0.254 e. The highest BCUT2D eigenvalue weighted by Gasteiger charge is 2.34. The van der Waals surface area contributed by atoms with Crippen LogP contribution in [0.2, 0.25) is 0 Å². The third-order valence-corrected chi connectivity index (χ3v) is 6.74. The molecule has 1 aliphatic rings. The van der Waals surface area contributed by atoms with Gasteiger partial charge in [0.05, 0.1) is 29.3 Å². The number of carbonyl (C=O) groups excluding carboxylic acids is 2. The zero-order valence-electron chi connectivity index (χ0n) is 11.3. The molecule has 0 unspecified atom stereocenters. The van der Waals surface area contributed by atoms with Crippen LogP contribution in [0.1, 0.15) is 27.0 Å². The summed E-state index contributed by atoms with van der Waals surface area (Å²) in [6.07, 6.45) is 0. The van der Waals surface area contributed by atoms with Gasteiger partial charge >= 0.3 is 0 Å². The Hall–Kier alpha value is -1.49. The SMILES string of the molecule is CC(=O)c1sc(S(=O)(=O)N2CCOCC2)c(N)c1C(N)=O. The van der Waals surface area contributed by atoms with Crippen LogP contribution in [0.4, 0.5) is 5.69 Å². The van der Waals surface area contributed by atoms with Gasteiger partial charge in [0.25, 0.3) is 15.9 Å². The number of Topliss-reactive ketones (excluding diaryl/α,β-unsaturated/α-hetero) is 1. The molecule has 1 saturated heterocycles. The average molecular weight is 333 g/mol. The van der Waals surface area contributed by atoms with Crippen molar-refractivity contribution >= 4 is 38.7 Å². The second-order valence-electron chi connectivity index (χ2n) is 4.44. The number of sulfonamides is 1. The molecule has 0 aromatic carbocycles. The van der Waals surface area contributed by atoms with Crippen molar-refractivity contribution < 1.29 is 22.7 Å². The van der Waals surface area contributed by atoms with Crippen LogP contribution in [-0.2, 0) is 14.8 Å². The first-order valence-electron chi connectivity index (χ1n) is 6.07. The lowest BCUT2D eigenvalue weighted by atomic mass is 10.2. The molecule has 2 heterocycles. The number of hydrogen-bond donors (Lipinski definition) is 2. The van der Waals surface area contributed by atoms with Crippen LogP contribution in [0.15, 0.2) is 4.21 Å². The lowest BCUT2D eigenvalue weighted by molar-refractivity contribution is 0.0731. The van der Waals surface area contributed by atoms with E-state index in [9.17, 15) is 18.0 Å². The zero-order chi connectivity index (χ0) is 15.8. The van der Waals surface area contributed by atoms with Crippen molar-refractivity contribution in [3.8, 4) is 0 Å². The minimum atomic E-state index is -3.87. The van der Waals surface area contributed by atoms with E-state index in [2.05, 4.69) is 0 Å². The number of ketones is 1. The van der Waals surface area contributed by atoms with Gasteiger partial charge in [-0.2, -0.15) is 4.31 Å². The summed E-state index contributed by atoms with van der Waals surface area (Å²) in [4.78, 5) is 23.0. The molecule has 1 aliphatic heterocycles. The molecule has 0 radical (unpaired) electrons. The molecule has 0 bridgehead atoms. The van der Waals surface area contributed by atoms with Gasteiger partial charge in [0, 0.05) is 13.1 Å². The van der Waals surface area contributed by atoms with Gasteiger partial charge in [-0.15, -0.1) is 11.3 Å². The summed E-state index contributed by atoms with van der Waals surface area (Å²) >= 11 is 0.677. The van der Waals surface area contributed by atoms with Crippen molar-refractivity contribution in [2.24, 2.45) is 5.73 Å². The van der Waals surface area contributed by atoms with Crippen molar-refractivity contribution in [2.45, 2.75) is 11.1 Å². The number of anilines is 1. The quantitative estimate of drug-likeness (QED) is 0.724. The van der Waals surface area contributed by atoms with Crippen molar-refractivity contribution in [2.75, 3.05) is 32.0 Å². The normalized spacial score (nSPS) is 16.8. The fraction of sp³-hybridized carbons (Fsp3) is 0.455. The predicted molar refractivity (Wildman–Crippen MR) is 76.8 cm³/mol. The number of nitrogen functional groups attached to an aromatic ring is 1. The Labute approximate surface area is 125 Å². The summed E-state index contributed by atoms with van der Waals surface area (Å²) in [5.74, 6) is -1.37. The third kappa shape index (κ3) is 2.79. The van der Waals surface area contributed by atoms with Crippen LogP contribution in [-0.4, -0.2) is 50.7 Å². The minimum Gasteiger partial charge on any atom is -0.396 e. The number of thiophene rings is 1. The Kier molecular flexibility index (Phi) is 4.33. The van der Waals surface area contributed by atoms with E-state index in [1.165, 1.54) is 11.2 Å².